The van der Waals surface area contributed by atoms with Crippen molar-refractivity contribution in [3.8, 4) is 0 Å². The highest BCUT2D eigenvalue weighted by molar-refractivity contribution is 5.85. The van der Waals surface area contributed by atoms with Crippen LogP contribution in [0.1, 0.15) is 26.0 Å². The van der Waals surface area contributed by atoms with Gasteiger partial charge in [0, 0.05) is 0 Å². The van der Waals surface area contributed by atoms with Crippen molar-refractivity contribution in [1.29, 1.82) is 0 Å². The number of hydrogen-bond acceptors (Lipinski definition) is 3. The lowest BCUT2D eigenvalue weighted by Gasteiger charge is -2.11. The molecule has 0 saturated heterocycles. The van der Waals surface area contributed by atoms with Gasteiger partial charge in [0.25, 0.3) is 0 Å². The normalized spacial score (nSPS) is 13.1. The first kappa shape index (κ1) is 11.0. The maximum absolute atomic E-state index is 11.6. The number of nitrogens with two attached hydrogens (primary N) is 1. The molecular formula is C11H17NO2. The highest BCUT2D eigenvalue weighted by Gasteiger charge is 2.16. The molecule has 2 N–H and O–H groups in total. The molecule has 1 heterocycles. The second-order valence-electron chi connectivity index (χ2n) is 3.96. The first-order valence-corrected chi connectivity index (χ1v) is 4.90. The van der Waals surface area contributed by atoms with E-state index in [-0.39, 0.29) is 11.8 Å². The summed E-state index contributed by atoms with van der Waals surface area (Å²) in [5.74, 6) is 1.19. The van der Waals surface area contributed by atoms with E-state index in [1.54, 1.807) is 18.4 Å². The predicted octanol–water partition coefficient (Wildman–Crippen LogP) is 1.76. The van der Waals surface area contributed by atoms with E-state index in [4.69, 9.17) is 10.2 Å². The second kappa shape index (κ2) is 4.96. The molecule has 0 bridgehead atoms. The lowest BCUT2D eigenvalue weighted by molar-refractivity contribution is -0.120. The Morgan fingerprint density at radius 2 is 2.29 bits per heavy atom. The zero-order valence-electron chi connectivity index (χ0n) is 8.69. The minimum absolute atomic E-state index is 0.0497. The Morgan fingerprint density at radius 3 is 2.79 bits per heavy atom. The molecule has 0 aromatic carbocycles. The summed E-state index contributed by atoms with van der Waals surface area (Å²) in [5, 5.41) is 0. The van der Waals surface area contributed by atoms with Gasteiger partial charge >= 0.3 is 0 Å². The maximum Gasteiger partial charge on any atom is 0.157 e. The van der Waals surface area contributed by atoms with E-state index >= 15 is 0 Å². The van der Waals surface area contributed by atoms with Gasteiger partial charge in [-0.05, 0) is 24.5 Å². The SMILES string of the molecule is CC(C)CC(N)C(=O)Cc1ccco1. The molecule has 1 aromatic rings. The van der Waals surface area contributed by atoms with Crippen molar-refractivity contribution in [2.24, 2.45) is 11.7 Å². The van der Waals surface area contributed by atoms with Crippen molar-refractivity contribution in [1.82, 2.24) is 0 Å². The predicted molar refractivity (Wildman–Crippen MR) is 54.8 cm³/mol. The molecule has 14 heavy (non-hydrogen) atoms. The third-order valence-corrected chi connectivity index (χ3v) is 2.07. The Hall–Kier alpha value is -1.09. The van der Waals surface area contributed by atoms with Crippen LogP contribution in [0.25, 0.3) is 0 Å². The summed E-state index contributed by atoms with van der Waals surface area (Å²) in [6, 6.07) is 3.21. The number of carbonyl (C=O) groups excluding carboxylic acids is 1. The number of furan rings is 1. The summed E-state index contributed by atoms with van der Waals surface area (Å²) >= 11 is 0. The molecule has 3 heteroatoms. The van der Waals surface area contributed by atoms with Crippen LogP contribution in [0.3, 0.4) is 0 Å². The van der Waals surface area contributed by atoms with Gasteiger partial charge in [-0.1, -0.05) is 13.8 Å². The van der Waals surface area contributed by atoms with Gasteiger partial charge in [-0.15, -0.1) is 0 Å². The minimum Gasteiger partial charge on any atom is -0.469 e. The van der Waals surface area contributed by atoms with Crippen LogP contribution in [0.5, 0.6) is 0 Å². The van der Waals surface area contributed by atoms with Crippen molar-refractivity contribution < 1.29 is 9.21 Å². The summed E-state index contributed by atoms with van der Waals surface area (Å²) in [5.41, 5.74) is 5.74. The van der Waals surface area contributed by atoms with E-state index in [2.05, 4.69) is 13.8 Å². The van der Waals surface area contributed by atoms with Crippen molar-refractivity contribution in [2.45, 2.75) is 32.7 Å². The molecule has 0 aliphatic rings. The summed E-state index contributed by atoms with van der Waals surface area (Å²) in [6.45, 7) is 4.11. The second-order valence-corrected chi connectivity index (χ2v) is 3.96. The fourth-order valence-corrected chi connectivity index (χ4v) is 1.36. The molecule has 0 aliphatic carbocycles. The van der Waals surface area contributed by atoms with Crippen LogP contribution in [0, 0.1) is 5.92 Å². The largest absolute Gasteiger partial charge is 0.469 e. The van der Waals surface area contributed by atoms with Gasteiger partial charge in [0.15, 0.2) is 5.78 Å². The van der Waals surface area contributed by atoms with Crippen molar-refractivity contribution in [2.75, 3.05) is 0 Å². The molecule has 1 aromatic heterocycles. The van der Waals surface area contributed by atoms with E-state index in [1.807, 2.05) is 0 Å². The minimum atomic E-state index is -0.361. The molecule has 78 valence electrons. The van der Waals surface area contributed by atoms with E-state index < -0.39 is 0 Å². The molecule has 0 radical (unpaired) electrons. The fourth-order valence-electron chi connectivity index (χ4n) is 1.36. The molecule has 3 nitrogen and oxygen atoms in total. The average Bonchev–Trinajstić information content (AvgIpc) is 2.55. The van der Waals surface area contributed by atoms with Crippen LogP contribution >= 0.6 is 0 Å². The molecular weight excluding hydrogens is 178 g/mol. The fraction of sp³-hybridized carbons (Fsp3) is 0.545. The Balaban J connectivity index is 2.42. The molecule has 1 unspecified atom stereocenters. The molecule has 0 amide bonds. The van der Waals surface area contributed by atoms with Gasteiger partial charge < -0.3 is 10.2 Å². The summed E-state index contributed by atoms with van der Waals surface area (Å²) in [6.07, 6.45) is 2.61. The standard InChI is InChI=1S/C11H17NO2/c1-8(2)6-10(12)11(13)7-9-4-3-5-14-9/h3-5,8,10H,6-7,12H2,1-2H3. The molecule has 0 saturated carbocycles. The van der Waals surface area contributed by atoms with E-state index in [0.717, 1.165) is 6.42 Å². The zero-order valence-corrected chi connectivity index (χ0v) is 8.69. The van der Waals surface area contributed by atoms with Gasteiger partial charge in [-0.2, -0.15) is 0 Å². The monoisotopic (exact) mass is 195 g/mol. The quantitative estimate of drug-likeness (QED) is 0.779. The topological polar surface area (TPSA) is 56.2 Å². The van der Waals surface area contributed by atoms with Gasteiger partial charge in [0.05, 0.1) is 18.7 Å². The van der Waals surface area contributed by atoms with E-state index in [0.29, 0.717) is 18.1 Å². The van der Waals surface area contributed by atoms with Crippen LogP contribution in [0.2, 0.25) is 0 Å². The first-order valence-electron chi connectivity index (χ1n) is 4.90. The van der Waals surface area contributed by atoms with Crippen molar-refractivity contribution >= 4 is 5.78 Å². The van der Waals surface area contributed by atoms with Crippen LogP contribution in [0.15, 0.2) is 22.8 Å². The van der Waals surface area contributed by atoms with Gasteiger partial charge in [-0.3, -0.25) is 4.79 Å². The number of carbonyl (C=O) groups is 1. The van der Waals surface area contributed by atoms with Gasteiger partial charge in [0.2, 0.25) is 0 Å². The third kappa shape index (κ3) is 3.34. The number of rotatable bonds is 5. The van der Waals surface area contributed by atoms with E-state index in [1.165, 1.54) is 0 Å². The third-order valence-electron chi connectivity index (χ3n) is 2.07. The Bertz CT molecular complexity index is 277. The Kier molecular flexibility index (Phi) is 3.89. The summed E-state index contributed by atoms with van der Waals surface area (Å²) < 4.78 is 5.08. The van der Waals surface area contributed by atoms with Crippen LogP contribution in [0.4, 0.5) is 0 Å². The van der Waals surface area contributed by atoms with Crippen LogP contribution < -0.4 is 5.73 Å². The Morgan fingerprint density at radius 1 is 1.57 bits per heavy atom. The van der Waals surface area contributed by atoms with Crippen LogP contribution in [-0.4, -0.2) is 11.8 Å². The highest BCUT2D eigenvalue weighted by atomic mass is 16.3. The number of hydrogen-bond donors (Lipinski definition) is 1. The van der Waals surface area contributed by atoms with Gasteiger partial charge in [-0.25, -0.2) is 0 Å². The summed E-state index contributed by atoms with van der Waals surface area (Å²) in [7, 11) is 0. The van der Waals surface area contributed by atoms with E-state index in [9.17, 15) is 4.79 Å². The zero-order chi connectivity index (χ0) is 10.6. The van der Waals surface area contributed by atoms with Crippen molar-refractivity contribution in [3.63, 3.8) is 0 Å². The molecule has 0 spiro atoms. The number of ketones is 1. The molecule has 0 fully saturated rings. The van der Waals surface area contributed by atoms with Crippen molar-refractivity contribution in [3.05, 3.63) is 24.2 Å². The summed E-state index contributed by atoms with van der Waals surface area (Å²) in [4.78, 5) is 11.6. The molecule has 0 aliphatic heterocycles. The highest BCUT2D eigenvalue weighted by Crippen LogP contribution is 2.07. The van der Waals surface area contributed by atoms with Crippen LogP contribution in [-0.2, 0) is 11.2 Å². The van der Waals surface area contributed by atoms with Gasteiger partial charge in [0.1, 0.15) is 5.76 Å². The molecule has 1 rings (SSSR count). The lowest BCUT2D eigenvalue weighted by atomic mass is 9.99. The lowest BCUT2D eigenvalue weighted by Crippen LogP contribution is -2.33. The number of Topliss-reactive ketones (excluding diaryl/α,β-unsaturated/α-hetero) is 1. The first-order chi connectivity index (χ1) is 6.59. The average molecular weight is 195 g/mol. The molecule has 1 atom stereocenters. The Labute approximate surface area is 84.3 Å². The smallest absolute Gasteiger partial charge is 0.157 e. The maximum atomic E-state index is 11.6.